The highest BCUT2D eigenvalue weighted by molar-refractivity contribution is 5.72. The third-order valence-electron chi connectivity index (χ3n) is 3.03. The van der Waals surface area contributed by atoms with Gasteiger partial charge in [-0.05, 0) is 38.9 Å². The lowest BCUT2D eigenvalue weighted by Crippen LogP contribution is -2.06. The molecule has 90 valence electrons. The fourth-order valence-electron chi connectivity index (χ4n) is 2.14. The van der Waals surface area contributed by atoms with Gasteiger partial charge in [-0.15, -0.1) is 0 Å². The molecule has 17 heavy (non-hydrogen) atoms. The second kappa shape index (κ2) is 4.72. The summed E-state index contributed by atoms with van der Waals surface area (Å²) >= 11 is 0. The van der Waals surface area contributed by atoms with Crippen LogP contribution >= 0.6 is 0 Å². The van der Waals surface area contributed by atoms with Gasteiger partial charge >= 0.3 is 0 Å². The van der Waals surface area contributed by atoms with Crippen LogP contribution in [-0.4, -0.2) is 17.2 Å². The van der Waals surface area contributed by atoms with Gasteiger partial charge < -0.3 is 5.32 Å². The number of rotatable bonds is 3. The lowest BCUT2D eigenvalue weighted by atomic mass is 9.97. The summed E-state index contributed by atoms with van der Waals surface area (Å²) in [4.78, 5) is 0. The van der Waals surface area contributed by atoms with Gasteiger partial charge in [0.2, 0.25) is 0 Å². The molecule has 1 aromatic carbocycles. The highest BCUT2D eigenvalue weighted by atomic mass is 15.1. The van der Waals surface area contributed by atoms with Crippen molar-refractivity contribution in [3.05, 3.63) is 40.7 Å². The van der Waals surface area contributed by atoms with Crippen molar-refractivity contribution in [1.29, 1.82) is 0 Å². The Bertz CT molecular complexity index is 526. The van der Waals surface area contributed by atoms with Crippen LogP contribution in [0.5, 0.6) is 0 Å². The maximum Gasteiger partial charge on any atom is 0.0841 e. The molecule has 0 atom stereocenters. The van der Waals surface area contributed by atoms with Gasteiger partial charge in [0, 0.05) is 17.8 Å². The number of hydrogen-bond donors (Lipinski definition) is 2. The highest BCUT2D eigenvalue weighted by Crippen LogP contribution is 2.29. The van der Waals surface area contributed by atoms with E-state index in [1.54, 1.807) is 0 Å². The molecule has 0 spiro atoms. The summed E-state index contributed by atoms with van der Waals surface area (Å²) in [6.45, 7) is 7.12. The molecule has 0 aliphatic carbocycles. The van der Waals surface area contributed by atoms with E-state index in [2.05, 4.69) is 54.5 Å². The van der Waals surface area contributed by atoms with E-state index < -0.39 is 0 Å². The Kier molecular flexibility index (Phi) is 3.29. The molecule has 0 radical (unpaired) electrons. The van der Waals surface area contributed by atoms with Crippen LogP contribution in [0.25, 0.3) is 11.1 Å². The lowest BCUT2D eigenvalue weighted by molar-refractivity contribution is 0.784. The van der Waals surface area contributed by atoms with Gasteiger partial charge in [0.25, 0.3) is 0 Å². The maximum absolute atomic E-state index is 4.37. The molecular weight excluding hydrogens is 210 g/mol. The number of hydrogen-bond acceptors (Lipinski definition) is 2. The second-order valence-corrected chi connectivity index (χ2v) is 4.52. The van der Waals surface area contributed by atoms with E-state index in [1.165, 1.54) is 22.3 Å². The molecule has 2 N–H and O–H groups in total. The lowest BCUT2D eigenvalue weighted by Gasteiger charge is -2.09. The first-order chi connectivity index (χ1) is 8.13. The molecule has 2 rings (SSSR count). The molecule has 0 amide bonds. The third kappa shape index (κ3) is 2.24. The number of H-pyrrole nitrogens is 1. The largest absolute Gasteiger partial charge is 0.314 e. The summed E-state index contributed by atoms with van der Waals surface area (Å²) < 4.78 is 0. The SMILES string of the molecule is CNCc1n[nH]c(C)c1-c1cc(C)ccc1C. The van der Waals surface area contributed by atoms with Crippen LogP contribution in [-0.2, 0) is 6.54 Å². The first-order valence-electron chi connectivity index (χ1n) is 5.89. The van der Waals surface area contributed by atoms with Gasteiger partial charge in [0.1, 0.15) is 0 Å². The average molecular weight is 229 g/mol. The molecule has 1 heterocycles. The first-order valence-corrected chi connectivity index (χ1v) is 5.89. The topological polar surface area (TPSA) is 40.7 Å². The zero-order valence-corrected chi connectivity index (χ0v) is 10.9. The molecule has 0 saturated carbocycles. The van der Waals surface area contributed by atoms with Crippen molar-refractivity contribution in [2.75, 3.05) is 7.05 Å². The van der Waals surface area contributed by atoms with E-state index >= 15 is 0 Å². The van der Waals surface area contributed by atoms with Crippen molar-refractivity contribution in [1.82, 2.24) is 15.5 Å². The van der Waals surface area contributed by atoms with Crippen LogP contribution in [0.3, 0.4) is 0 Å². The number of aromatic nitrogens is 2. The number of nitrogens with one attached hydrogen (secondary N) is 2. The van der Waals surface area contributed by atoms with E-state index in [4.69, 9.17) is 0 Å². The minimum absolute atomic E-state index is 0.785. The fraction of sp³-hybridized carbons (Fsp3) is 0.357. The Balaban J connectivity index is 2.58. The van der Waals surface area contributed by atoms with E-state index in [-0.39, 0.29) is 0 Å². The van der Waals surface area contributed by atoms with Gasteiger partial charge in [-0.3, -0.25) is 5.10 Å². The zero-order chi connectivity index (χ0) is 12.4. The van der Waals surface area contributed by atoms with E-state index in [0.717, 1.165) is 17.9 Å². The molecule has 3 heteroatoms. The van der Waals surface area contributed by atoms with Gasteiger partial charge in [0.05, 0.1) is 5.69 Å². The van der Waals surface area contributed by atoms with Crippen LogP contribution in [0.2, 0.25) is 0 Å². The van der Waals surface area contributed by atoms with E-state index in [1.807, 2.05) is 7.05 Å². The number of aryl methyl sites for hydroxylation is 3. The average Bonchev–Trinajstić information content (AvgIpc) is 2.64. The molecule has 0 saturated heterocycles. The molecule has 0 aliphatic heterocycles. The monoisotopic (exact) mass is 229 g/mol. The van der Waals surface area contributed by atoms with Crippen molar-refractivity contribution < 1.29 is 0 Å². The van der Waals surface area contributed by atoms with Gasteiger partial charge in [-0.2, -0.15) is 5.10 Å². The van der Waals surface area contributed by atoms with Crippen LogP contribution in [0, 0.1) is 20.8 Å². The molecule has 0 bridgehead atoms. The normalized spacial score (nSPS) is 10.8. The minimum Gasteiger partial charge on any atom is -0.314 e. The van der Waals surface area contributed by atoms with Gasteiger partial charge in [0.15, 0.2) is 0 Å². The first kappa shape index (κ1) is 11.9. The smallest absolute Gasteiger partial charge is 0.0841 e. The third-order valence-corrected chi connectivity index (χ3v) is 3.03. The predicted octanol–water partition coefficient (Wildman–Crippen LogP) is 2.72. The van der Waals surface area contributed by atoms with Crippen molar-refractivity contribution in [3.63, 3.8) is 0 Å². The number of nitrogens with zero attached hydrogens (tertiary/aromatic N) is 1. The predicted molar refractivity (Wildman–Crippen MR) is 71.0 cm³/mol. The Hall–Kier alpha value is -1.61. The maximum atomic E-state index is 4.37. The molecule has 0 aliphatic rings. The van der Waals surface area contributed by atoms with Gasteiger partial charge in [-0.1, -0.05) is 23.8 Å². The molecule has 3 nitrogen and oxygen atoms in total. The Labute approximate surface area is 102 Å². The van der Waals surface area contributed by atoms with Gasteiger partial charge in [-0.25, -0.2) is 0 Å². The Morgan fingerprint density at radius 3 is 2.71 bits per heavy atom. The molecule has 1 aromatic heterocycles. The zero-order valence-electron chi connectivity index (χ0n) is 10.9. The summed E-state index contributed by atoms with van der Waals surface area (Å²) in [6, 6.07) is 6.54. The highest BCUT2D eigenvalue weighted by Gasteiger charge is 2.13. The van der Waals surface area contributed by atoms with Crippen LogP contribution in [0.1, 0.15) is 22.5 Å². The van der Waals surface area contributed by atoms with Crippen molar-refractivity contribution >= 4 is 0 Å². The summed E-state index contributed by atoms with van der Waals surface area (Å²) in [5, 5.41) is 10.6. The Morgan fingerprint density at radius 1 is 1.24 bits per heavy atom. The van der Waals surface area contributed by atoms with E-state index in [9.17, 15) is 0 Å². The quantitative estimate of drug-likeness (QED) is 0.849. The number of benzene rings is 1. The summed E-state index contributed by atoms with van der Waals surface area (Å²) in [5.74, 6) is 0. The second-order valence-electron chi connectivity index (χ2n) is 4.52. The number of aromatic amines is 1. The molecule has 0 unspecified atom stereocenters. The van der Waals surface area contributed by atoms with Crippen molar-refractivity contribution in [2.45, 2.75) is 27.3 Å². The Morgan fingerprint density at radius 2 is 2.00 bits per heavy atom. The van der Waals surface area contributed by atoms with Crippen LogP contribution in [0.15, 0.2) is 18.2 Å². The minimum atomic E-state index is 0.785. The summed E-state index contributed by atoms with van der Waals surface area (Å²) in [5.41, 5.74) is 7.30. The van der Waals surface area contributed by atoms with E-state index in [0.29, 0.717) is 0 Å². The molecule has 2 aromatic rings. The summed E-state index contributed by atoms with van der Waals surface area (Å²) in [7, 11) is 1.94. The fourth-order valence-corrected chi connectivity index (χ4v) is 2.14. The standard InChI is InChI=1S/C14H19N3/c1-9-5-6-10(2)12(7-9)14-11(3)16-17-13(14)8-15-4/h5-7,15H,8H2,1-4H3,(H,16,17). The van der Waals surface area contributed by atoms with Crippen LogP contribution in [0.4, 0.5) is 0 Å². The molecular formula is C14H19N3. The van der Waals surface area contributed by atoms with Crippen molar-refractivity contribution in [2.24, 2.45) is 0 Å². The summed E-state index contributed by atoms with van der Waals surface area (Å²) in [6.07, 6.45) is 0. The van der Waals surface area contributed by atoms with Crippen molar-refractivity contribution in [3.8, 4) is 11.1 Å². The molecule has 0 fully saturated rings. The van der Waals surface area contributed by atoms with Crippen LogP contribution < -0.4 is 5.32 Å².